The number of anilines is 1. The number of rotatable bonds is 4. The number of hydrogen-bond donors (Lipinski definition) is 2. The first kappa shape index (κ1) is 15.3. The van der Waals surface area contributed by atoms with Crippen LogP contribution in [0.4, 0.5) is 10.5 Å². The van der Waals surface area contributed by atoms with E-state index in [4.69, 9.17) is 16.7 Å². The zero-order chi connectivity index (χ0) is 15.4. The van der Waals surface area contributed by atoms with E-state index in [0.29, 0.717) is 16.6 Å². The van der Waals surface area contributed by atoms with Crippen LogP contribution >= 0.6 is 22.9 Å². The van der Waals surface area contributed by atoms with Crippen molar-refractivity contribution in [2.45, 2.75) is 6.54 Å². The summed E-state index contributed by atoms with van der Waals surface area (Å²) in [5, 5.41) is 11.5. The molecule has 0 fully saturated rings. The van der Waals surface area contributed by atoms with E-state index in [9.17, 15) is 9.59 Å². The maximum Gasteiger partial charge on any atom is 0.335 e. The Balaban J connectivity index is 1.95. The summed E-state index contributed by atoms with van der Waals surface area (Å²) in [6.07, 6.45) is 0. The molecule has 0 aliphatic heterocycles. The minimum absolute atomic E-state index is 0.176. The lowest BCUT2D eigenvalue weighted by atomic mass is 10.2. The van der Waals surface area contributed by atoms with Gasteiger partial charge in [0.25, 0.3) is 0 Å². The van der Waals surface area contributed by atoms with Crippen LogP contribution in [0.5, 0.6) is 0 Å². The first-order valence-corrected chi connectivity index (χ1v) is 7.25. The molecule has 0 saturated heterocycles. The Kier molecular flexibility index (Phi) is 4.82. The smallest absolute Gasteiger partial charge is 0.335 e. The van der Waals surface area contributed by atoms with Gasteiger partial charge in [0.1, 0.15) is 0 Å². The number of benzene rings is 1. The Bertz CT molecular complexity index is 654. The number of urea groups is 1. The monoisotopic (exact) mass is 324 g/mol. The average molecular weight is 325 g/mol. The van der Waals surface area contributed by atoms with Gasteiger partial charge >= 0.3 is 12.0 Å². The molecule has 2 rings (SSSR count). The van der Waals surface area contributed by atoms with Crippen LogP contribution in [-0.4, -0.2) is 29.1 Å². The Morgan fingerprint density at radius 3 is 2.43 bits per heavy atom. The zero-order valence-electron chi connectivity index (χ0n) is 11.2. The lowest BCUT2D eigenvalue weighted by molar-refractivity contribution is 0.0697. The summed E-state index contributed by atoms with van der Waals surface area (Å²) in [7, 11) is 1.68. The largest absolute Gasteiger partial charge is 0.478 e. The van der Waals surface area contributed by atoms with E-state index in [1.54, 1.807) is 25.2 Å². The van der Waals surface area contributed by atoms with Crippen LogP contribution in [0, 0.1) is 0 Å². The Labute approximate surface area is 130 Å². The number of thiophene rings is 1. The molecule has 1 aromatic heterocycles. The lowest BCUT2D eigenvalue weighted by Gasteiger charge is -2.17. The number of aromatic carboxylic acids is 1. The normalized spacial score (nSPS) is 10.2. The minimum atomic E-state index is -1.00. The number of carbonyl (C=O) groups is 2. The molecular formula is C14H13ClN2O3S. The maximum absolute atomic E-state index is 12.0. The molecule has 2 aromatic rings. The van der Waals surface area contributed by atoms with Gasteiger partial charge in [-0.1, -0.05) is 11.6 Å². The van der Waals surface area contributed by atoms with E-state index in [-0.39, 0.29) is 11.6 Å². The van der Waals surface area contributed by atoms with E-state index >= 15 is 0 Å². The predicted octanol–water partition coefficient (Wildman–Crippen LogP) is 3.76. The van der Waals surface area contributed by atoms with Gasteiger partial charge in [-0.15, -0.1) is 11.3 Å². The molecule has 21 heavy (non-hydrogen) atoms. The van der Waals surface area contributed by atoms with Crippen molar-refractivity contribution >= 4 is 40.6 Å². The second-order valence-corrected chi connectivity index (χ2v) is 6.17. The first-order valence-electron chi connectivity index (χ1n) is 6.05. The number of carboxylic acid groups (broad SMARTS) is 1. The van der Waals surface area contributed by atoms with Crippen LogP contribution in [0.15, 0.2) is 36.4 Å². The van der Waals surface area contributed by atoms with Crippen molar-refractivity contribution in [1.82, 2.24) is 4.90 Å². The number of amides is 2. The molecule has 0 saturated carbocycles. The van der Waals surface area contributed by atoms with Crippen molar-refractivity contribution in [3.8, 4) is 0 Å². The van der Waals surface area contributed by atoms with Gasteiger partial charge in [0.05, 0.1) is 16.4 Å². The van der Waals surface area contributed by atoms with Gasteiger partial charge in [-0.2, -0.15) is 0 Å². The quantitative estimate of drug-likeness (QED) is 0.899. The fraction of sp³-hybridized carbons (Fsp3) is 0.143. The van der Waals surface area contributed by atoms with Gasteiger partial charge in [-0.3, -0.25) is 0 Å². The number of carboxylic acids is 1. The van der Waals surface area contributed by atoms with Crippen LogP contribution in [0.2, 0.25) is 4.34 Å². The molecule has 0 atom stereocenters. The first-order chi connectivity index (χ1) is 9.95. The molecule has 0 spiro atoms. The maximum atomic E-state index is 12.0. The highest BCUT2D eigenvalue weighted by Gasteiger charge is 2.11. The molecule has 0 aliphatic carbocycles. The van der Waals surface area contributed by atoms with Gasteiger partial charge in [-0.25, -0.2) is 9.59 Å². The third-order valence-electron chi connectivity index (χ3n) is 2.75. The SMILES string of the molecule is CN(Cc1ccc(Cl)s1)C(=O)Nc1ccc(C(=O)O)cc1. The topological polar surface area (TPSA) is 69.6 Å². The van der Waals surface area contributed by atoms with Gasteiger partial charge in [-0.05, 0) is 36.4 Å². The van der Waals surface area contributed by atoms with Crippen molar-refractivity contribution in [3.63, 3.8) is 0 Å². The Hall–Kier alpha value is -2.05. The standard InChI is InChI=1S/C14H13ClN2O3S/c1-17(8-11-6-7-12(15)21-11)14(20)16-10-4-2-9(3-5-10)13(18)19/h2-7H,8H2,1H3,(H,16,20)(H,18,19). The summed E-state index contributed by atoms with van der Waals surface area (Å²) >= 11 is 7.27. The number of carbonyl (C=O) groups excluding carboxylic acids is 1. The summed E-state index contributed by atoms with van der Waals surface area (Å²) < 4.78 is 0.683. The van der Waals surface area contributed by atoms with E-state index in [2.05, 4.69) is 5.32 Å². The lowest BCUT2D eigenvalue weighted by Crippen LogP contribution is -2.30. The van der Waals surface area contributed by atoms with Crippen LogP contribution in [0.1, 0.15) is 15.2 Å². The van der Waals surface area contributed by atoms with E-state index in [1.165, 1.54) is 28.4 Å². The number of halogens is 1. The van der Waals surface area contributed by atoms with E-state index < -0.39 is 5.97 Å². The van der Waals surface area contributed by atoms with Crippen molar-refractivity contribution in [2.75, 3.05) is 12.4 Å². The number of nitrogens with zero attached hydrogens (tertiary/aromatic N) is 1. The minimum Gasteiger partial charge on any atom is -0.478 e. The Morgan fingerprint density at radius 1 is 1.24 bits per heavy atom. The van der Waals surface area contributed by atoms with Gasteiger partial charge in [0.15, 0.2) is 0 Å². The molecule has 1 aromatic carbocycles. The average Bonchev–Trinajstić information content (AvgIpc) is 2.84. The highest BCUT2D eigenvalue weighted by molar-refractivity contribution is 7.16. The van der Waals surface area contributed by atoms with Crippen molar-refractivity contribution in [3.05, 3.63) is 51.2 Å². The summed E-state index contributed by atoms with van der Waals surface area (Å²) in [6, 6.07) is 9.38. The molecule has 0 aliphatic rings. The molecule has 7 heteroatoms. The number of hydrogen-bond acceptors (Lipinski definition) is 3. The van der Waals surface area contributed by atoms with E-state index in [1.807, 2.05) is 6.07 Å². The molecule has 2 amide bonds. The molecular weight excluding hydrogens is 312 g/mol. The van der Waals surface area contributed by atoms with Crippen LogP contribution in [0.3, 0.4) is 0 Å². The second kappa shape index (κ2) is 6.60. The summed E-state index contributed by atoms with van der Waals surface area (Å²) in [5.74, 6) is -1.00. The summed E-state index contributed by atoms with van der Waals surface area (Å²) in [5.41, 5.74) is 0.718. The van der Waals surface area contributed by atoms with Crippen molar-refractivity contribution < 1.29 is 14.7 Å². The van der Waals surface area contributed by atoms with E-state index in [0.717, 1.165) is 4.88 Å². The predicted molar refractivity (Wildman–Crippen MR) is 83.2 cm³/mol. The molecule has 110 valence electrons. The Morgan fingerprint density at radius 2 is 1.90 bits per heavy atom. The third-order valence-corrected chi connectivity index (χ3v) is 3.97. The van der Waals surface area contributed by atoms with Crippen LogP contribution in [-0.2, 0) is 6.54 Å². The molecule has 2 N–H and O–H groups in total. The van der Waals surface area contributed by atoms with Crippen molar-refractivity contribution in [2.24, 2.45) is 0 Å². The molecule has 1 heterocycles. The fourth-order valence-electron chi connectivity index (χ4n) is 1.66. The van der Waals surface area contributed by atoms with Gasteiger partial charge in [0, 0.05) is 17.6 Å². The fourth-order valence-corrected chi connectivity index (χ4v) is 2.80. The molecule has 0 bridgehead atoms. The van der Waals surface area contributed by atoms with Crippen molar-refractivity contribution in [1.29, 1.82) is 0 Å². The third kappa shape index (κ3) is 4.21. The van der Waals surface area contributed by atoms with Crippen LogP contribution in [0.25, 0.3) is 0 Å². The summed E-state index contributed by atoms with van der Waals surface area (Å²) in [6.45, 7) is 0.455. The molecule has 0 unspecified atom stereocenters. The highest BCUT2D eigenvalue weighted by Crippen LogP contribution is 2.22. The van der Waals surface area contributed by atoms with Gasteiger partial charge in [0.2, 0.25) is 0 Å². The highest BCUT2D eigenvalue weighted by atomic mass is 35.5. The summed E-state index contributed by atoms with van der Waals surface area (Å²) in [4.78, 5) is 25.3. The van der Waals surface area contributed by atoms with Crippen LogP contribution < -0.4 is 5.32 Å². The zero-order valence-corrected chi connectivity index (χ0v) is 12.7. The second-order valence-electron chi connectivity index (χ2n) is 4.37. The number of nitrogens with one attached hydrogen (secondary N) is 1. The molecule has 5 nitrogen and oxygen atoms in total. The molecule has 0 radical (unpaired) electrons. The van der Waals surface area contributed by atoms with Gasteiger partial charge < -0.3 is 15.3 Å².